The van der Waals surface area contributed by atoms with Gasteiger partial charge in [0.25, 0.3) is 5.56 Å². The first kappa shape index (κ1) is 20.1. The highest BCUT2D eigenvalue weighted by Crippen LogP contribution is 2.32. The molecule has 7 nitrogen and oxygen atoms in total. The smallest absolute Gasteiger partial charge is 0.332 e. The third-order valence-electron chi connectivity index (χ3n) is 4.26. The van der Waals surface area contributed by atoms with Gasteiger partial charge in [-0.05, 0) is 24.1 Å². The minimum atomic E-state index is -0.597. The molecule has 0 aliphatic heterocycles. The first-order chi connectivity index (χ1) is 13.1. The molecule has 1 aromatic carbocycles. The fourth-order valence-electron chi connectivity index (χ4n) is 2.92. The van der Waals surface area contributed by atoms with Crippen molar-refractivity contribution < 1.29 is 9.90 Å². The molecule has 0 aliphatic rings. The minimum absolute atomic E-state index is 0.0629. The largest absolute Gasteiger partial charge is 0.506 e. The maximum atomic E-state index is 12.8. The van der Waals surface area contributed by atoms with Crippen LogP contribution in [0.2, 0.25) is 10.0 Å². The lowest BCUT2D eigenvalue weighted by Crippen LogP contribution is -2.39. The number of carbonyl (C=O) groups is 1. The highest BCUT2D eigenvalue weighted by atomic mass is 35.5. The Kier molecular flexibility index (Phi) is 5.32. The molecule has 1 N–H and O–H groups in total. The molecule has 2 aromatic heterocycles. The summed E-state index contributed by atoms with van der Waals surface area (Å²) in [5.41, 5.74) is -0.877. The van der Waals surface area contributed by atoms with Crippen LogP contribution >= 0.6 is 23.2 Å². The van der Waals surface area contributed by atoms with Gasteiger partial charge in [0.2, 0.25) is 0 Å². The summed E-state index contributed by atoms with van der Waals surface area (Å²) < 4.78 is 2.39. The van der Waals surface area contributed by atoms with Gasteiger partial charge in [0.15, 0.2) is 5.78 Å². The highest BCUT2D eigenvalue weighted by Gasteiger charge is 2.20. The van der Waals surface area contributed by atoms with Gasteiger partial charge in [-0.1, -0.05) is 37.0 Å². The van der Waals surface area contributed by atoms with Crippen LogP contribution in [-0.4, -0.2) is 25.0 Å². The number of rotatable bonds is 4. The fourth-order valence-corrected chi connectivity index (χ4v) is 3.41. The zero-order valence-electron chi connectivity index (χ0n) is 15.4. The number of aromatic nitrogens is 3. The average molecular weight is 422 g/mol. The number of carbonyl (C=O) groups excluding carboxylic acids is 1. The number of pyridine rings is 1. The predicted octanol–water partition coefficient (Wildman–Crippen LogP) is 2.99. The number of hydrogen-bond donors (Lipinski definition) is 1. The maximum Gasteiger partial charge on any atom is 0.332 e. The molecule has 0 unspecified atom stereocenters. The van der Waals surface area contributed by atoms with Crippen molar-refractivity contribution in [3.8, 4) is 5.75 Å². The van der Waals surface area contributed by atoms with Crippen LogP contribution in [0.4, 0.5) is 0 Å². The summed E-state index contributed by atoms with van der Waals surface area (Å²) in [6.07, 6.45) is 1.26. The van der Waals surface area contributed by atoms with Crippen molar-refractivity contribution in [1.29, 1.82) is 0 Å². The Morgan fingerprint density at radius 3 is 2.54 bits per heavy atom. The number of halogens is 2. The third-order valence-corrected chi connectivity index (χ3v) is 4.76. The van der Waals surface area contributed by atoms with Crippen molar-refractivity contribution in [3.63, 3.8) is 0 Å². The average Bonchev–Trinajstić information content (AvgIpc) is 2.65. The second kappa shape index (κ2) is 7.41. The van der Waals surface area contributed by atoms with Crippen LogP contribution in [-0.2, 0) is 13.6 Å². The maximum absolute atomic E-state index is 12.8. The minimum Gasteiger partial charge on any atom is -0.506 e. The summed E-state index contributed by atoms with van der Waals surface area (Å²) in [5, 5.41) is 10.3. The fraction of sp³-hybridized carbons (Fsp3) is 0.263. The van der Waals surface area contributed by atoms with Crippen molar-refractivity contribution >= 4 is 40.0 Å². The predicted molar refractivity (Wildman–Crippen MR) is 108 cm³/mol. The van der Waals surface area contributed by atoms with E-state index in [1.165, 1.54) is 36.0 Å². The molecule has 28 heavy (non-hydrogen) atoms. The van der Waals surface area contributed by atoms with Gasteiger partial charge in [-0.15, -0.1) is 0 Å². The zero-order chi connectivity index (χ0) is 20.7. The van der Waals surface area contributed by atoms with Crippen molar-refractivity contribution in [3.05, 3.63) is 66.4 Å². The molecule has 3 rings (SSSR count). The van der Waals surface area contributed by atoms with Crippen molar-refractivity contribution in [1.82, 2.24) is 14.1 Å². The quantitative estimate of drug-likeness (QED) is 0.653. The molecule has 0 spiro atoms. The van der Waals surface area contributed by atoms with E-state index in [2.05, 4.69) is 4.98 Å². The Balaban J connectivity index is 2.25. The molecule has 0 atom stereocenters. The molecular weight excluding hydrogens is 405 g/mol. The summed E-state index contributed by atoms with van der Waals surface area (Å²) in [5.74, 6) is -0.860. The van der Waals surface area contributed by atoms with Crippen LogP contribution in [0.3, 0.4) is 0 Å². The van der Waals surface area contributed by atoms with Crippen LogP contribution in [0.1, 0.15) is 29.8 Å². The normalized spacial score (nSPS) is 11.4. The van der Waals surface area contributed by atoms with Gasteiger partial charge in [-0.3, -0.25) is 18.7 Å². The second-order valence-corrected chi connectivity index (χ2v) is 7.70. The number of phenols is 1. The Morgan fingerprint density at radius 2 is 1.89 bits per heavy atom. The highest BCUT2D eigenvalue weighted by molar-refractivity contribution is 6.36. The lowest BCUT2D eigenvalue weighted by molar-refractivity contribution is 0.103. The summed E-state index contributed by atoms with van der Waals surface area (Å²) in [4.78, 5) is 42.1. The van der Waals surface area contributed by atoms with Gasteiger partial charge >= 0.3 is 5.69 Å². The van der Waals surface area contributed by atoms with E-state index in [1.54, 1.807) is 0 Å². The Hall–Kier alpha value is -2.64. The standard InChI is InChI=1S/C19H17Cl2N3O4/c1-9(2)8-24-17-13(18(27)23(3)19(24)28)4-10(7-22-17)15(25)12-5-11(20)6-14(21)16(12)26/h4-7,9,26H,8H2,1-3H3. The lowest BCUT2D eigenvalue weighted by atomic mass is 10.0. The number of nitrogens with zero attached hydrogens (tertiary/aromatic N) is 3. The van der Waals surface area contributed by atoms with E-state index in [1.807, 2.05) is 13.8 Å². The Morgan fingerprint density at radius 1 is 1.21 bits per heavy atom. The lowest BCUT2D eigenvalue weighted by Gasteiger charge is -2.14. The van der Waals surface area contributed by atoms with Crippen LogP contribution in [0.5, 0.6) is 5.75 Å². The molecule has 0 radical (unpaired) electrons. The molecule has 2 heterocycles. The van der Waals surface area contributed by atoms with Crippen LogP contribution in [0, 0.1) is 5.92 Å². The van der Waals surface area contributed by atoms with E-state index >= 15 is 0 Å². The van der Waals surface area contributed by atoms with Crippen molar-refractivity contribution in [2.75, 3.05) is 0 Å². The zero-order valence-corrected chi connectivity index (χ0v) is 16.9. The van der Waals surface area contributed by atoms with Gasteiger partial charge in [0.1, 0.15) is 11.4 Å². The van der Waals surface area contributed by atoms with Crippen molar-refractivity contribution in [2.45, 2.75) is 20.4 Å². The molecule has 0 aliphatic carbocycles. The summed E-state index contributed by atoms with van der Waals surface area (Å²) in [7, 11) is 1.37. The van der Waals surface area contributed by atoms with Gasteiger partial charge < -0.3 is 5.11 Å². The number of fused-ring (bicyclic) bond motifs is 1. The molecule has 0 amide bonds. The number of phenolic OH excluding ortho intramolecular Hbond substituents is 1. The number of ketones is 1. The topological polar surface area (TPSA) is 94.2 Å². The molecular formula is C19H17Cl2N3O4. The van der Waals surface area contributed by atoms with E-state index in [4.69, 9.17) is 23.2 Å². The van der Waals surface area contributed by atoms with Gasteiger partial charge in [0.05, 0.1) is 16.0 Å². The van der Waals surface area contributed by atoms with Gasteiger partial charge in [-0.2, -0.15) is 0 Å². The SMILES string of the molecule is CC(C)Cn1c(=O)n(C)c(=O)c2cc(C(=O)c3cc(Cl)cc(Cl)c3O)cnc21. The first-order valence-electron chi connectivity index (χ1n) is 8.44. The molecule has 0 saturated carbocycles. The van der Waals surface area contributed by atoms with Gasteiger partial charge in [-0.25, -0.2) is 9.78 Å². The van der Waals surface area contributed by atoms with E-state index < -0.39 is 22.8 Å². The monoisotopic (exact) mass is 421 g/mol. The van der Waals surface area contributed by atoms with Gasteiger partial charge in [0, 0.05) is 30.4 Å². The molecule has 9 heteroatoms. The summed E-state index contributed by atoms with van der Waals surface area (Å²) in [6, 6.07) is 3.96. The molecule has 0 bridgehead atoms. The van der Waals surface area contributed by atoms with Crippen LogP contribution < -0.4 is 11.2 Å². The Labute approximate surface area is 169 Å². The number of hydrogen-bond acceptors (Lipinski definition) is 5. The molecule has 3 aromatic rings. The van der Waals surface area contributed by atoms with Crippen molar-refractivity contribution in [2.24, 2.45) is 13.0 Å². The summed E-state index contributed by atoms with van der Waals surface area (Å²) in [6.45, 7) is 4.24. The van der Waals surface area contributed by atoms with E-state index in [0.717, 1.165) is 4.57 Å². The van der Waals surface area contributed by atoms with Crippen LogP contribution in [0.25, 0.3) is 11.0 Å². The van der Waals surface area contributed by atoms with E-state index in [-0.39, 0.29) is 38.1 Å². The Bertz CT molecular complexity index is 1230. The third kappa shape index (κ3) is 3.43. The number of aromatic hydroxyl groups is 1. The first-order valence-corrected chi connectivity index (χ1v) is 9.19. The molecule has 146 valence electrons. The second-order valence-electron chi connectivity index (χ2n) is 6.86. The molecule has 0 fully saturated rings. The van der Waals surface area contributed by atoms with E-state index in [0.29, 0.717) is 6.54 Å². The molecule has 0 saturated heterocycles. The number of benzene rings is 1. The van der Waals surface area contributed by atoms with Crippen LogP contribution in [0.15, 0.2) is 34.0 Å². The van der Waals surface area contributed by atoms with E-state index in [9.17, 15) is 19.5 Å². The summed E-state index contributed by atoms with van der Waals surface area (Å²) >= 11 is 11.8.